The normalized spacial score (nSPS) is 11.9. The van der Waals surface area contributed by atoms with E-state index in [0.717, 1.165) is 0 Å². The number of allylic oxidation sites excluding steroid dienone is 1. The van der Waals surface area contributed by atoms with Crippen LogP contribution in [0.15, 0.2) is 16.8 Å². The van der Waals surface area contributed by atoms with Gasteiger partial charge in [0.2, 0.25) is 0 Å². The van der Waals surface area contributed by atoms with Crippen molar-refractivity contribution in [2.45, 2.75) is 13.8 Å². The maximum atomic E-state index is 11.0. The van der Waals surface area contributed by atoms with Crippen LogP contribution in [0.25, 0.3) is 0 Å². The summed E-state index contributed by atoms with van der Waals surface area (Å²) >= 11 is 0. The molecule has 0 spiro atoms. The molecule has 0 radical (unpaired) electrons. The fraction of sp³-hybridized carbons (Fsp3) is 0.556. The molecule has 0 amide bonds. The van der Waals surface area contributed by atoms with E-state index in [2.05, 4.69) is 20.6 Å². The van der Waals surface area contributed by atoms with Crippen molar-refractivity contribution in [1.82, 2.24) is 10.9 Å². The number of esters is 1. The Morgan fingerprint density at radius 3 is 2.65 bits per heavy atom. The zero-order chi connectivity index (χ0) is 13.3. The predicted molar refractivity (Wildman–Crippen MR) is 61.9 cm³/mol. The fourth-order valence-corrected chi connectivity index (χ4v) is 0.856. The molecule has 0 bridgehead atoms. The van der Waals surface area contributed by atoms with Crippen LogP contribution in [0, 0.1) is 10.1 Å². The van der Waals surface area contributed by atoms with E-state index in [4.69, 9.17) is 0 Å². The van der Waals surface area contributed by atoms with Gasteiger partial charge in [0.05, 0.1) is 6.61 Å². The van der Waals surface area contributed by atoms with Gasteiger partial charge in [-0.25, -0.2) is 4.79 Å². The van der Waals surface area contributed by atoms with Crippen molar-refractivity contribution in [1.29, 1.82) is 0 Å². The monoisotopic (exact) mass is 244 g/mol. The van der Waals surface area contributed by atoms with Crippen LogP contribution in [0.3, 0.4) is 0 Å². The first-order valence-corrected chi connectivity index (χ1v) is 4.94. The zero-order valence-electron chi connectivity index (χ0n) is 10.0. The van der Waals surface area contributed by atoms with Crippen molar-refractivity contribution in [2.75, 3.05) is 20.2 Å². The number of carbonyl (C=O) groups excluding carboxylic acids is 1. The van der Waals surface area contributed by atoms with Crippen LogP contribution in [0.1, 0.15) is 13.8 Å². The molecule has 0 unspecified atom stereocenters. The van der Waals surface area contributed by atoms with Gasteiger partial charge in [0.1, 0.15) is 0 Å². The number of aliphatic imine (C=N–C) groups is 1. The summed E-state index contributed by atoms with van der Waals surface area (Å²) < 4.78 is 4.69. The van der Waals surface area contributed by atoms with Gasteiger partial charge in [0.25, 0.3) is 6.54 Å². The summed E-state index contributed by atoms with van der Waals surface area (Å²) in [5, 5.41) is 10.2. The highest BCUT2D eigenvalue weighted by Gasteiger charge is 2.05. The van der Waals surface area contributed by atoms with Crippen LogP contribution in [-0.2, 0) is 9.53 Å². The van der Waals surface area contributed by atoms with Gasteiger partial charge in [-0.15, -0.1) is 0 Å². The number of hydrogen-bond acceptors (Lipinski definition) is 6. The van der Waals surface area contributed by atoms with Crippen molar-refractivity contribution in [2.24, 2.45) is 4.99 Å². The highest BCUT2D eigenvalue weighted by Crippen LogP contribution is 1.88. The first-order valence-electron chi connectivity index (χ1n) is 4.94. The molecular weight excluding hydrogens is 228 g/mol. The molecule has 8 nitrogen and oxygen atoms in total. The van der Waals surface area contributed by atoms with Gasteiger partial charge in [-0.2, -0.15) is 0 Å². The molecule has 0 fully saturated rings. The van der Waals surface area contributed by atoms with Crippen LogP contribution < -0.4 is 10.9 Å². The predicted octanol–water partition coefficient (Wildman–Crippen LogP) is -0.147. The molecule has 0 aliphatic carbocycles. The van der Waals surface area contributed by atoms with Crippen LogP contribution in [0.4, 0.5) is 0 Å². The van der Waals surface area contributed by atoms with Crippen molar-refractivity contribution in [3.05, 3.63) is 21.9 Å². The number of hydrazine groups is 1. The van der Waals surface area contributed by atoms with Gasteiger partial charge in [-0.1, -0.05) is 0 Å². The van der Waals surface area contributed by atoms with E-state index >= 15 is 0 Å². The van der Waals surface area contributed by atoms with E-state index in [1.807, 2.05) is 0 Å². The Kier molecular flexibility index (Phi) is 7.07. The third kappa shape index (κ3) is 7.77. The minimum atomic E-state index is -0.512. The van der Waals surface area contributed by atoms with Crippen LogP contribution >= 0.6 is 0 Å². The van der Waals surface area contributed by atoms with Gasteiger partial charge >= 0.3 is 5.97 Å². The van der Waals surface area contributed by atoms with E-state index in [9.17, 15) is 14.9 Å². The number of nitro groups is 1. The number of carbonyl (C=O) groups is 1. The molecule has 0 heterocycles. The molecule has 17 heavy (non-hydrogen) atoms. The summed E-state index contributed by atoms with van der Waals surface area (Å²) in [6.07, 6.45) is 1.23. The third-order valence-corrected chi connectivity index (χ3v) is 1.57. The second kappa shape index (κ2) is 8.08. The van der Waals surface area contributed by atoms with Crippen molar-refractivity contribution in [3.8, 4) is 0 Å². The molecule has 0 aromatic heterocycles. The van der Waals surface area contributed by atoms with E-state index < -0.39 is 17.4 Å². The molecule has 8 heteroatoms. The Morgan fingerprint density at radius 1 is 1.53 bits per heavy atom. The maximum Gasteiger partial charge on any atom is 0.332 e. The van der Waals surface area contributed by atoms with Crippen molar-refractivity contribution < 1.29 is 14.5 Å². The minimum absolute atomic E-state index is 0.159. The average molecular weight is 244 g/mol. The second-order valence-corrected chi connectivity index (χ2v) is 2.99. The first-order chi connectivity index (χ1) is 7.99. The number of nitrogens with one attached hydrogen (secondary N) is 2. The SMILES string of the molecule is CCOC(=O)/C=C(\C)NNC(C[N+](=O)[O-])=NC. The van der Waals surface area contributed by atoms with E-state index in [0.29, 0.717) is 12.3 Å². The molecule has 96 valence electrons. The Bertz CT molecular complexity index is 338. The molecular formula is C9H16N4O4. The molecule has 0 aromatic carbocycles. The number of amidine groups is 1. The Hall–Kier alpha value is -2.12. The average Bonchev–Trinajstić information content (AvgIpc) is 2.23. The lowest BCUT2D eigenvalue weighted by molar-refractivity contribution is -0.463. The molecule has 0 aliphatic heterocycles. The van der Waals surface area contributed by atoms with E-state index in [-0.39, 0.29) is 5.84 Å². The summed E-state index contributed by atoms with van der Waals surface area (Å²) in [7, 11) is 1.43. The van der Waals surface area contributed by atoms with Crippen LogP contribution in [0.2, 0.25) is 0 Å². The molecule has 0 aromatic rings. The molecule has 0 saturated heterocycles. The van der Waals surface area contributed by atoms with Gasteiger partial charge in [0, 0.05) is 23.7 Å². The number of rotatable bonds is 6. The zero-order valence-corrected chi connectivity index (χ0v) is 10.0. The Morgan fingerprint density at radius 2 is 2.18 bits per heavy atom. The van der Waals surface area contributed by atoms with Gasteiger partial charge in [0.15, 0.2) is 5.84 Å². The lowest BCUT2D eigenvalue weighted by atomic mass is 10.4. The molecule has 0 rings (SSSR count). The second-order valence-electron chi connectivity index (χ2n) is 2.99. The standard InChI is InChI=1S/C9H16N4O4/c1-4-17-9(14)5-7(2)11-12-8(10-3)6-13(15)16/h5,11H,4,6H2,1-3H3,(H,10,12)/b7-5+. The van der Waals surface area contributed by atoms with E-state index in [1.54, 1.807) is 13.8 Å². The maximum absolute atomic E-state index is 11.0. The number of hydrogen-bond donors (Lipinski definition) is 2. The fourth-order valence-electron chi connectivity index (χ4n) is 0.856. The molecule has 2 N–H and O–H groups in total. The van der Waals surface area contributed by atoms with Crippen molar-refractivity contribution in [3.63, 3.8) is 0 Å². The van der Waals surface area contributed by atoms with Gasteiger partial charge < -0.3 is 10.2 Å². The highest BCUT2D eigenvalue weighted by atomic mass is 16.6. The number of ether oxygens (including phenoxy) is 1. The van der Waals surface area contributed by atoms with Crippen molar-refractivity contribution >= 4 is 11.8 Å². The Labute approximate surface area is 98.9 Å². The molecule has 0 saturated carbocycles. The van der Waals surface area contributed by atoms with Crippen LogP contribution in [-0.4, -0.2) is 36.9 Å². The highest BCUT2D eigenvalue weighted by molar-refractivity contribution is 5.84. The Balaban J connectivity index is 4.17. The summed E-state index contributed by atoms with van der Waals surface area (Å²) in [4.78, 5) is 24.4. The largest absolute Gasteiger partial charge is 0.463 e. The minimum Gasteiger partial charge on any atom is -0.463 e. The smallest absolute Gasteiger partial charge is 0.332 e. The quantitative estimate of drug-likeness (QED) is 0.168. The van der Waals surface area contributed by atoms with Crippen LogP contribution in [0.5, 0.6) is 0 Å². The molecule has 0 atom stereocenters. The lowest BCUT2D eigenvalue weighted by Crippen LogP contribution is -2.40. The van der Waals surface area contributed by atoms with Gasteiger partial charge in [-0.3, -0.25) is 20.5 Å². The topological polar surface area (TPSA) is 106 Å². The summed E-state index contributed by atoms with van der Waals surface area (Å²) in [6.45, 7) is 3.18. The molecule has 0 aliphatic rings. The first kappa shape index (κ1) is 14.9. The summed E-state index contributed by atoms with van der Waals surface area (Å²) in [5.41, 5.74) is 5.60. The van der Waals surface area contributed by atoms with E-state index in [1.165, 1.54) is 13.1 Å². The summed E-state index contributed by atoms with van der Waals surface area (Å²) in [5.74, 6) is -0.324. The summed E-state index contributed by atoms with van der Waals surface area (Å²) in [6, 6.07) is 0. The van der Waals surface area contributed by atoms with Gasteiger partial charge in [-0.05, 0) is 13.8 Å². The lowest BCUT2D eigenvalue weighted by Gasteiger charge is -2.09. The number of nitrogens with zero attached hydrogens (tertiary/aromatic N) is 2. The third-order valence-electron chi connectivity index (χ3n) is 1.57.